The van der Waals surface area contributed by atoms with Gasteiger partial charge >= 0.3 is 0 Å². The molecule has 0 aromatic heterocycles. The molecule has 0 aliphatic heterocycles. The van der Waals surface area contributed by atoms with E-state index >= 15 is 0 Å². The summed E-state index contributed by atoms with van der Waals surface area (Å²) in [7, 11) is 0. The third kappa shape index (κ3) is 8.83. The SMILES string of the molecule is CCOc1ccc(NC(=O)CSC(NC(=O)c2ccccc2)=C(C#N)C(CC(=O)c2ccccc2)c2ccccc2Cl)cc1. The van der Waals surface area contributed by atoms with Crippen LogP contribution in [0.4, 0.5) is 5.69 Å². The first kappa shape index (κ1) is 32.1. The van der Waals surface area contributed by atoms with Crippen LogP contribution in [0.2, 0.25) is 5.02 Å². The summed E-state index contributed by atoms with van der Waals surface area (Å²) >= 11 is 7.60. The first-order valence-electron chi connectivity index (χ1n) is 13.9. The maximum absolute atomic E-state index is 13.4. The highest BCUT2D eigenvalue weighted by atomic mass is 35.5. The van der Waals surface area contributed by atoms with Gasteiger partial charge in [0.25, 0.3) is 5.91 Å². The van der Waals surface area contributed by atoms with Gasteiger partial charge in [-0.3, -0.25) is 14.4 Å². The summed E-state index contributed by atoms with van der Waals surface area (Å²) in [5.41, 5.74) is 2.10. The molecule has 9 heteroatoms. The van der Waals surface area contributed by atoms with Gasteiger partial charge in [-0.15, -0.1) is 0 Å². The zero-order valence-electron chi connectivity index (χ0n) is 24.0. The molecule has 222 valence electrons. The molecule has 4 aromatic rings. The molecule has 0 heterocycles. The molecule has 0 saturated carbocycles. The van der Waals surface area contributed by atoms with Crippen molar-refractivity contribution < 1.29 is 19.1 Å². The summed E-state index contributed by atoms with van der Waals surface area (Å²) in [6, 6.07) is 33.5. The Morgan fingerprint density at radius 2 is 1.48 bits per heavy atom. The van der Waals surface area contributed by atoms with Gasteiger partial charge < -0.3 is 15.4 Å². The lowest BCUT2D eigenvalue weighted by atomic mass is 9.86. The maximum atomic E-state index is 13.4. The number of nitrogens with zero attached hydrogens (tertiary/aromatic N) is 1. The second-order valence-corrected chi connectivity index (χ2v) is 10.9. The van der Waals surface area contributed by atoms with Crippen molar-refractivity contribution in [2.75, 3.05) is 17.7 Å². The molecule has 44 heavy (non-hydrogen) atoms. The minimum absolute atomic E-state index is 0.0831. The lowest BCUT2D eigenvalue weighted by Gasteiger charge is -2.21. The second-order valence-electron chi connectivity index (χ2n) is 9.54. The smallest absolute Gasteiger partial charge is 0.256 e. The molecular formula is C35H30ClN3O4S. The van der Waals surface area contributed by atoms with Crippen LogP contribution in [0.15, 0.2) is 120 Å². The third-order valence-corrected chi connectivity index (χ3v) is 7.90. The van der Waals surface area contributed by atoms with Crippen molar-refractivity contribution in [3.8, 4) is 11.8 Å². The van der Waals surface area contributed by atoms with Crippen molar-refractivity contribution in [1.29, 1.82) is 5.26 Å². The Hall–Kier alpha value is -4.84. The van der Waals surface area contributed by atoms with Crippen molar-refractivity contribution in [2.24, 2.45) is 0 Å². The lowest BCUT2D eigenvalue weighted by molar-refractivity contribution is -0.113. The molecule has 0 aliphatic rings. The normalized spacial score (nSPS) is 11.8. The van der Waals surface area contributed by atoms with Gasteiger partial charge in [0.1, 0.15) is 5.75 Å². The molecule has 0 radical (unpaired) electrons. The number of hydrogen-bond acceptors (Lipinski definition) is 6. The molecule has 0 aliphatic carbocycles. The number of carbonyl (C=O) groups excluding carboxylic acids is 3. The molecule has 0 spiro atoms. The number of halogens is 1. The van der Waals surface area contributed by atoms with Crippen molar-refractivity contribution in [3.63, 3.8) is 0 Å². The number of nitriles is 1. The fourth-order valence-corrected chi connectivity index (χ4v) is 5.54. The Bertz CT molecular complexity index is 1670. The van der Waals surface area contributed by atoms with E-state index in [1.165, 1.54) is 0 Å². The fraction of sp³-hybridized carbons (Fsp3) is 0.143. The topological polar surface area (TPSA) is 108 Å². The molecule has 7 nitrogen and oxygen atoms in total. The van der Waals surface area contributed by atoms with Crippen molar-refractivity contribution in [1.82, 2.24) is 5.32 Å². The quantitative estimate of drug-likeness (QED) is 0.117. The van der Waals surface area contributed by atoms with Crippen LogP contribution in [0.25, 0.3) is 0 Å². The van der Waals surface area contributed by atoms with E-state index in [9.17, 15) is 19.6 Å². The van der Waals surface area contributed by atoms with Crippen LogP contribution >= 0.6 is 23.4 Å². The number of anilines is 1. The van der Waals surface area contributed by atoms with Gasteiger partial charge in [0.05, 0.1) is 29.0 Å². The van der Waals surface area contributed by atoms with Crippen molar-refractivity contribution >= 4 is 46.6 Å². The number of allylic oxidation sites excluding steroid dienone is 1. The summed E-state index contributed by atoms with van der Waals surface area (Å²) in [5, 5.41) is 16.7. The molecule has 2 amide bonds. The number of amides is 2. The zero-order valence-corrected chi connectivity index (χ0v) is 25.5. The zero-order chi connectivity index (χ0) is 31.3. The van der Waals surface area contributed by atoms with E-state index in [2.05, 4.69) is 16.7 Å². The van der Waals surface area contributed by atoms with Crippen LogP contribution in [0, 0.1) is 11.3 Å². The van der Waals surface area contributed by atoms with E-state index in [0.29, 0.717) is 39.8 Å². The summed E-state index contributed by atoms with van der Waals surface area (Å²) < 4.78 is 5.45. The Kier molecular flexibility index (Phi) is 11.8. The highest BCUT2D eigenvalue weighted by Crippen LogP contribution is 2.37. The minimum Gasteiger partial charge on any atom is -0.494 e. The molecule has 0 saturated heterocycles. The molecule has 4 rings (SSSR count). The van der Waals surface area contributed by atoms with Crippen LogP contribution < -0.4 is 15.4 Å². The Morgan fingerprint density at radius 3 is 2.09 bits per heavy atom. The Balaban J connectivity index is 1.68. The minimum atomic E-state index is -0.797. The van der Waals surface area contributed by atoms with E-state index in [0.717, 1.165) is 11.8 Å². The third-order valence-electron chi connectivity index (χ3n) is 6.54. The summed E-state index contributed by atoms with van der Waals surface area (Å²) in [4.78, 5) is 39.7. The van der Waals surface area contributed by atoms with Crippen LogP contribution in [0.1, 0.15) is 45.5 Å². The number of carbonyl (C=O) groups is 3. The second kappa shape index (κ2) is 16.1. The summed E-state index contributed by atoms with van der Waals surface area (Å²) in [5.74, 6) is -1.24. The summed E-state index contributed by atoms with van der Waals surface area (Å²) in [6.45, 7) is 2.41. The van der Waals surface area contributed by atoms with Crippen LogP contribution in [-0.4, -0.2) is 30.0 Å². The fourth-order valence-electron chi connectivity index (χ4n) is 4.42. The van der Waals surface area contributed by atoms with Crippen molar-refractivity contribution in [3.05, 3.63) is 142 Å². The van der Waals surface area contributed by atoms with Gasteiger partial charge in [-0.1, -0.05) is 90.1 Å². The Morgan fingerprint density at radius 1 is 0.864 bits per heavy atom. The average molecular weight is 624 g/mol. The van der Waals surface area contributed by atoms with Gasteiger partial charge in [0, 0.05) is 34.2 Å². The van der Waals surface area contributed by atoms with E-state index in [4.69, 9.17) is 16.3 Å². The molecule has 0 bridgehead atoms. The highest BCUT2D eigenvalue weighted by Gasteiger charge is 2.28. The van der Waals surface area contributed by atoms with Crippen LogP contribution in [0.3, 0.4) is 0 Å². The van der Waals surface area contributed by atoms with Crippen LogP contribution in [-0.2, 0) is 4.79 Å². The number of Topliss-reactive ketones (excluding diaryl/α,β-unsaturated/α-hetero) is 1. The molecular weight excluding hydrogens is 594 g/mol. The summed E-state index contributed by atoms with van der Waals surface area (Å²) in [6.07, 6.45) is -0.0831. The number of thioether (sulfide) groups is 1. The van der Waals surface area contributed by atoms with Gasteiger partial charge in [-0.05, 0) is 55.0 Å². The van der Waals surface area contributed by atoms with E-state index < -0.39 is 11.8 Å². The predicted octanol–water partition coefficient (Wildman–Crippen LogP) is 7.63. The molecule has 1 unspecified atom stereocenters. The monoisotopic (exact) mass is 623 g/mol. The first-order chi connectivity index (χ1) is 21.4. The van der Waals surface area contributed by atoms with Crippen LogP contribution in [0.5, 0.6) is 5.75 Å². The number of ketones is 1. The molecule has 4 aromatic carbocycles. The number of ether oxygens (including phenoxy) is 1. The maximum Gasteiger partial charge on any atom is 0.256 e. The largest absolute Gasteiger partial charge is 0.494 e. The highest BCUT2D eigenvalue weighted by molar-refractivity contribution is 8.03. The van der Waals surface area contributed by atoms with E-state index in [1.54, 1.807) is 103 Å². The molecule has 1 atom stereocenters. The van der Waals surface area contributed by atoms with Gasteiger partial charge in [-0.2, -0.15) is 5.26 Å². The number of hydrogen-bond donors (Lipinski definition) is 2. The number of benzene rings is 4. The van der Waals surface area contributed by atoms with Gasteiger partial charge in [-0.25, -0.2) is 0 Å². The van der Waals surface area contributed by atoms with E-state index in [1.807, 2.05) is 13.0 Å². The van der Waals surface area contributed by atoms with E-state index in [-0.39, 0.29) is 34.5 Å². The molecule has 2 N–H and O–H groups in total. The lowest BCUT2D eigenvalue weighted by Crippen LogP contribution is -2.25. The average Bonchev–Trinajstić information content (AvgIpc) is 3.05. The molecule has 0 fully saturated rings. The number of rotatable bonds is 13. The standard InChI is InChI=1S/C35H30ClN3O4S/c1-2-43-27-19-17-26(18-20-27)38-33(41)23-44-35(39-34(42)25-13-7-4-8-14-25)30(22-37)29(28-15-9-10-16-31(28)36)21-32(40)24-11-5-3-6-12-24/h3-20,29H,2,21,23H2,1H3,(H,38,41)(H,39,42). The van der Waals surface area contributed by atoms with Gasteiger partial charge in [0.2, 0.25) is 5.91 Å². The Labute approximate surface area is 265 Å². The first-order valence-corrected chi connectivity index (χ1v) is 15.2. The number of nitrogens with one attached hydrogen (secondary N) is 2. The van der Waals surface area contributed by atoms with Crippen molar-refractivity contribution in [2.45, 2.75) is 19.3 Å². The van der Waals surface area contributed by atoms with Gasteiger partial charge in [0.15, 0.2) is 5.78 Å². The predicted molar refractivity (Wildman–Crippen MR) is 175 cm³/mol.